The highest BCUT2D eigenvalue weighted by Crippen LogP contribution is 2.34. The number of benzene rings is 1. The van der Waals surface area contributed by atoms with Crippen molar-refractivity contribution in [3.63, 3.8) is 0 Å². The average molecular weight is 301 g/mol. The monoisotopic (exact) mass is 301 g/mol. The number of nitrogens with zero attached hydrogens (tertiary/aromatic N) is 1. The van der Waals surface area contributed by atoms with Crippen LogP contribution < -0.4 is 0 Å². The summed E-state index contributed by atoms with van der Waals surface area (Å²) < 4.78 is 0. The number of piperidine rings is 1. The fraction of sp³-hybridized carbons (Fsp3) is 0.444. The summed E-state index contributed by atoms with van der Waals surface area (Å²) in [5, 5.41) is 12.7. The second-order valence-electron chi connectivity index (χ2n) is 6.15. The van der Waals surface area contributed by atoms with Gasteiger partial charge in [0.2, 0.25) is 0 Å². The molecule has 2 aromatic rings. The molecule has 1 fully saturated rings. The maximum absolute atomic E-state index is 10.5. The molecule has 112 valence electrons. The Morgan fingerprint density at radius 2 is 1.95 bits per heavy atom. The van der Waals surface area contributed by atoms with Crippen LogP contribution in [0.1, 0.15) is 33.9 Å². The Bertz CT molecular complexity index is 590. The molecule has 3 rings (SSSR count). The summed E-state index contributed by atoms with van der Waals surface area (Å²) in [6, 6.07) is 10.9. The van der Waals surface area contributed by atoms with Crippen molar-refractivity contribution in [3.05, 3.63) is 57.3 Å². The minimum Gasteiger partial charge on any atom is -0.391 e. The predicted molar refractivity (Wildman–Crippen MR) is 88.9 cm³/mol. The second kappa shape index (κ2) is 6.30. The van der Waals surface area contributed by atoms with E-state index >= 15 is 0 Å². The minimum atomic E-state index is -0.249. The van der Waals surface area contributed by atoms with Crippen LogP contribution in [-0.2, 0) is 6.54 Å². The van der Waals surface area contributed by atoms with Gasteiger partial charge in [0, 0.05) is 23.9 Å². The van der Waals surface area contributed by atoms with Gasteiger partial charge in [0.05, 0.1) is 6.10 Å². The molecule has 0 bridgehead atoms. The number of rotatable bonds is 3. The maximum atomic E-state index is 10.5. The van der Waals surface area contributed by atoms with Crippen LogP contribution in [0.5, 0.6) is 0 Å². The van der Waals surface area contributed by atoms with E-state index in [9.17, 15) is 5.11 Å². The Morgan fingerprint density at radius 3 is 2.57 bits per heavy atom. The first kappa shape index (κ1) is 14.8. The predicted octanol–water partition coefficient (Wildman–Crippen LogP) is 3.72. The van der Waals surface area contributed by atoms with Crippen LogP contribution in [0.2, 0.25) is 0 Å². The molecule has 2 nitrogen and oxygen atoms in total. The molecule has 0 unspecified atom stereocenters. The molecule has 0 amide bonds. The lowest BCUT2D eigenvalue weighted by Crippen LogP contribution is -2.42. The van der Waals surface area contributed by atoms with Crippen molar-refractivity contribution in [2.45, 2.75) is 38.8 Å². The lowest BCUT2D eigenvalue weighted by molar-refractivity contribution is 0.0485. The number of aliphatic hydroxyl groups is 1. The first-order chi connectivity index (χ1) is 10.1. The highest BCUT2D eigenvalue weighted by molar-refractivity contribution is 7.10. The van der Waals surface area contributed by atoms with Gasteiger partial charge in [-0.2, -0.15) is 0 Å². The second-order valence-corrected chi connectivity index (χ2v) is 7.10. The van der Waals surface area contributed by atoms with Gasteiger partial charge in [-0.25, -0.2) is 0 Å². The molecule has 2 atom stereocenters. The van der Waals surface area contributed by atoms with Crippen LogP contribution in [0.3, 0.4) is 0 Å². The Morgan fingerprint density at radius 1 is 1.19 bits per heavy atom. The van der Waals surface area contributed by atoms with E-state index in [2.05, 4.69) is 54.5 Å². The molecule has 1 aliphatic rings. The molecule has 1 saturated heterocycles. The van der Waals surface area contributed by atoms with Crippen molar-refractivity contribution in [2.75, 3.05) is 13.1 Å². The van der Waals surface area contributed by atoms with Crippen molar-refractivity contribution in [3.8, 4) is 0 Å². The molecule has 0 spiro atoms. The molecule has 0 aliphatic carbocycles. The van der Waals surface area contributed by atoms with E-state index in [1.165, 1.54) is 21.6 Å². The molecular weight excluding hydrogens is 278 g/mol. The smallest absolute Gasteiger partial charge is 0.0744 e. The zero-order chi connectivity index (χ0) is 14.8. The van der Waals surface area contributed by atoms with E-state index in [0.29, 0.717) is 5.92 Å². The van der Waals surface area contributed by atoms with Crippen LogP contribution in [0, 0.1) is 13.8 Å². The van der Waals surface area contributed by atoms with Crippen molar-refractivity contribution in [1.82, 2.24) is 4.90 Å². The molecule has 0 radical (unpaired) electrons. The number of thiophene rings is 1. The fourth-order valence-corrected chi connectivity index (χ4v) is 4.28. The highest BCUT2D eigenvalue weighted by atomic mass is 32.1. The lowest BCUT2D eigenvalue weighted by Gasteiger charge is -2.36. The van der Waals surface area contributed by atoms with Gasteiger partial charge in [-0.15, -0.1) is 11.3 Å². The fourth-order valence-electron chi connectivity index (χ4n) is 3.16. The van der Waals surface area contributed by atoms with E-state index in [1.54, 1.807) is 11.3 Å². The zero-order valence-electron chi connectivity index (χ0n) is 12.7. The van der Waals surface area contributed by atoms with Crippen LogP contribution >= 0.6 is 11.3 Å². The lowest BCUT2D eigenvalue weighted by atomic mass is 9.90. The number of aryl methyl sites for hydroxylation is 2. The van der Waals surface area contributed by atoms with Gasteiger partial charge in [-0.05, 0) is 49.4 Å². The van der Waals surface area contributed by atoms with Gasteiger partial charge in [0.1, 0.15) is 0 Å². The third-order valence-corrected chi connectivity index (χ3v) is 5.58. The van der Waals surface area contributed by atoms with Gasteiger partial charge in [-0.1, -0.05) is 29.8 Å². The molecule has 0 saturated carbocycles. The third kappa shape index (κ3) is 3.37. The summed E-state index contributed by atoms with van der Waals surface area (Å²) in [7, 11) is 0. The van der Waals surface area contributed by atoms with Crippen molar-refractivity contribution >= 4 is 11.3 Å². The maximum Gasteiger partial charge on any atom is 0.0744 e. The van der Waals surface area contributed by atoms with Gasteiger partial charge in [-0.3, -0.25) is 4.90 Å². The first-order valence-corrected chi connectivity index (χ1v) is 8.51. The quantitative estimate of drug-likeness (QED) is 0.934. The van der Waals surface area contributed by atoms with Crippen LogP contribution in [0.4, 0.5) is 0 Å². The van der Waals surface area contributed by atoms with E-state index in [0.717, 1.165) is 26.1 Å². The number of β-amino-alcohol motifs (C(OH)–C–C–N with tert-alkyl or cyclic N) is 1. The van der Waals surface area contributed by atoms with E-state index in [4.69, 9.17) is 0 Å². The summed E-state index contributed by atoms with van der Waals surface area (Å²) in [6.45, 7) is 7.04. The number of likely N-dealkylation sites (tertiary alicyclic amines) is 1. The van der Waals surface area contributed by atoms with Gasteiger partial charge < -0.3 is 5.11 Å². The summed E-state index contributed by atoms with van der Waals surface area (Å²) in [5.74, 6) is 0.319. The summed E-state index contributed by atoms with van der Waals surface area (Å²) in [6.07, 6.45) is 0.801. The van der Waals surface area contributed by atoms with Gasteiger partial charge in [0.15, 0.2) is 0 Å². The minimum absolute atomic E-state index is 0.249. The van der Waals surface area contributed by atoms with E-state index in [1.807, 2.05) is 0 Å². The Balaban J connectivity index is 1.63. The molecule has 2 heterocycles. The third-order valence-electron chi connectivity index (χ3n) is 4.43. The Kier molecular flexibility index (Phi) is 4.43. The highest BCUT2D eigenvalue weighted by Gasteiger charge is 2.30. The summed E-state index contributed by atoms with van der Waals surface area (Å²) in [4.78, 5) is 3.74. The molecule has 1 aromatic heterocycles. The van der Waals surface area contributed by atoms with Crippen molar-refractivity contribution in [1.29, 1.82) is 0 Å². The van der Waals surface area contributed by atoms with Gasteiger partial charge >= 0.3 is 0 Å². The molecule has 3 heteroatoms. The zero-order valence-corrected chi connectivity index (χ0v) is 13.6. The number of hydrogen-bond donors (Lipinski definition) is 1. The Labute approximate surface area is 131 Å². The average Bonchev–Trinajstić information content (AvgIpc) is 2.88. The molecule has 1 N–H and O–H groups in total. The summed E-state index contributed by atoms with van der Waals surface area (Å²) in [5.41, 5.74) is 3.96. The number of aliphatic hydroxyl groups excluding tert-OH is 1. The Hall–Kier alpha value is -1.16. The topological polar surface area (TPSA) is 23.5 Å². The largest absolute Gasteiger partial charge is 0.391 e. The standard InChI is InChI=1S/C18H23NOS/c1-13-3-5-15(6-4-13)11-19-9-7-16(17(20)12-19)18-14(2)8-10-21-18/h3-6,8,10,16-17,20H,7,9,11-12H2,1-2H3/t16-,17-/m1/s1. The molecular formula is C18H23NOS. The van der Waals surface area contributed by atoms with Crippen LogP contribution in [-0.4, -0.2) is 29.2 Å². The van der Waals surface area contributed by atoms with Crippen molar-refractivity contribution in [2.24, 2.45) is 0 Å². The molecule has 1 aromatic carbocycles. The van der Waals surface area contributed by atoms with E-state index < -0.39 is 0 Å². The first-order valence-electron chi connectivity index (χ1n) is 7.63. The van der Waals surface area contributed by atoms with Crippen LogP contribution in [0.25, 0.3) is 0 Å². The molecule has 21 heavy (non-hydrogen) atoms. The normalized spacial score (nSPS) is 23.4. The van der Waals surface area contributed by atoms with E-state index in [-0.39, 0.29) is 6.10 Å². The van der Waals surface area contributed by atoms with Crippen LogP contribution in [0.15, 0.2) is 35.7 Å². The van der Waals surface area contributed by atoms with Gasteiger partial charge in [0.25, 0.3) is 0 Å². The molecule has 1 aliphatic heterocycles. The number of hydrogen-bond acceptors (Lipinski definition) is 3. The summed E-state index contributed by atoms with van der Waals surface area (Å²) >= 11 is 1.79. The van der Waals surface area contributed by atoms with Crippen molar-refractivity contribution < 1.29 is 5.11 Å². The SMILES string of the molecule is Cc1ccc(CN2CC[C@@H](c3sccc3C)[C@H](O)C2)cc1.